The van der Waals surface area contributed by atoms with Gasteiger partial charge in [-0.15, -0.1) is 16.2 Å². The fourth-order valence-corrected chi connectivity index (χ4v) is 5.11. The van der Waals surface area contributed by atoms with Crippen LogP contribution in [-0.2, 0) is 10.0 Å². The number of nitrogens with one attached hydrogen (secondary N) is 1. The second kappa shape index (κ2) is 5.32. The quantitative estimate of drug-likeness (QED) is 0.834. The van der Waals surface area contributed by atoms with Gasteiger partial charge < -0.3 is 0 Å². The summed E-state index contributed by atoms with van der Waals surface area (Å²) in [4.78, 5) is 25.9. The van der Waals surface area contributed by atoms with Gasteiger partial charge in [0.25, 0.3) is 21.8 Å². The minimum absolute atomic E-state index is 0.0610. The number of nitrogens with zero attached hydrogens (tertiary/aromatic N) is 1. The lowest BCUT2D eigenvalue weighted by molar-refractivity contribution is 0.0618. The van der Waals surface area contributed by atoms with E-state index in [1.807, 2.05) is 4.83 Å². The van der Waals surface area contributed by atoms with Gasteiger partial charge in [0.1, 0.15) is 9.23 Å². The van der Waals surface area contributed by atoms with Crippen molar-refractivity contribution in [1.29, 1.82) is 0 Å². The first-order chi connectivity index (χ1) is 10.3. The minimum Gasteiger partial charge on any atom is -0.267 e. The molecule has 0 bridgehead atoms. The maximum absolute atomic E-state index is 12.3. The number of carbonyl (C=O) groups is 2. The molecule has 1 aliphatic rings. The number of halogens is 2. The van der Waals surface area contributed by atoms with Crippen LogP contribution in [0.3, 0.4) is 0 Å². The number of sulfonamides is 1. The molecule has 0 aliphatic carbocycles. The zero-order valence-corrected chi connectivity index (χ0v) is 13.7. The van der Waals surface area contributed by atoms with Crippen molar-refractivity contribution >= 4 is 56.4 Å². The molecular formula is C12H6Cl2N2O4S2. The van der Waals surface area contributed by atoms with Crippen LogP contribution in [0.1, 0.15) is 20.7 Å². The van der Waals surface area contributed by atoms with Gasteiger partial charge in [-0.2, -0.15) is 5.01 Å². The maximum atomic E-state index is 12.3. The molecule has 0 saturated carbocycles. The van der Waals surface area contributed by atoms with Crippen LogP contribution >= 0.6 is 34.5 Å². The molecule has 10 heteroatoms. The van der Waals surface area contributed by atoms with E-state index in [2.05, 4.69) is 0 Å². The molecule has 0 atom stereocenters. The molecule has 0 saturated heterocycles. The molecule has 2 heterocycles. The molecule has 0 unspecified atom stereocenters. The van der Waals surface area contributed by atoms with Crippen LogP contribution < -0.4 is 4.83 Å². The van der Waals surface area contributed by atoms with Crippen LogP contribution in [0.2, 0.25) is 8.67 Å². The predicted molar refractivity (Wildman–Crippen MR) is 81.6 cm³/mol. The second-order valence-electron chi connectivity index (χ2n) is 4.27. The van der Waals surface area contributed by atoms with E-state index in [-0.39, 0.29) is 24.7 Å². The van der Waals surface area contributed by atoms with Gasteiger partial charge in [-0.05, 0) is 18.2 Å². The first-order valence-electron chi connectivity index (χ1n) is 5.76. The molecule has 22 heavy (non-hydrogen) atoms. The molecule has 2 amide bonds. The Morgan fingerprint density at radius 3 is 2.05 bits per heavy atom. The van der Waals surface area contributed by atoms with Gasteiger partial charge in [-0.3, -0.25) is 9.59 Å². The van der Waals surface area contributed by atoms with Crippen molar-refractivity contribution in [1.82, 2.24) is 9.84 Å². The van der Waals surface area contributed by atoms with Crippen LogP contribution in [0.25, 0.3) is 0 Å². The third-order valence-electron chi connectivity index (χ3n) is 2.92. The van der Waals surface area contributed by atoms with E-state index in [0.717, 1.165) is 17.4 Å². The number of hydrazine groups is 1. The average molecular weight is 377 g/mol. The number of rotatable bonds is 3. The number of benzene rings is 1. The van der Waals surface area contributed by atoms with E-state index in [0.29, 0.717) is 5.01 Å². The van der Waals surface area contributed by atoms with Crippen LogP contribution in [0.5, 0.6) is 0 Å². The van der Waals surface area contributed by atoms with Gasteiger partial charge >= 0.3 is 0 Å². The summed E-state index contributed by atoms with van der Waals surface area (Å²) in [6.07, 6.45) is 0. The topological polar surface area (TPSA) is 83.6 Å². The molecule has 3 rings (SSSR count). The summed E-state index contributed by atoms with van der Waals surface area (Å²) < 4.78 is 24.7. The molecule has 1 aromatic heterocycles. The number of amides is 2. The van der Waals surface area contributed by atoms with Crippen molar-refractivity contribution in [2.24, 2.45) is 0 Å². The Morgan fingerprint density at radius 1 is 1.05 bits per heavy atom. The standard InChI is InChI=1S/C12H6Cl2N2O4S2/c13-9-5-8(10(14)21-9)22(19,20)15-16-11(17)6-3-1-2-4-7(6)12(16)18/h1-5,15H. The third kappa shape index (κ3) is 2.42. The van der Waals surface area contributed by atoms with Crippen molar-refractivity contribution in [3.63, 3.8) is 0 Å². The fraction of sp³-hybridized carbons (Fsp3) is 0. The summed E-state index contributed by atoms with van der Waals surface area (Å²) in [5.74, 6) is -1.50. The highest BCUT2D eigenvalue weighted by Crippen LogP contribution is 2.34. The van der Waals surface area contributed by atoms with Crippen molar-refractivity contribution in [3.8, 4) is 0 Å². The Kier molecular flexibility index (Phi) is 3.74. The van der Waals surface area contributed by atoms with Gasteiger partial charge in [-0.25, -0.2) is 8.42 Å². The van der Waals surface area contributed by atoms with Gasteiger partial charge in [-0.1, -0.05) is 35.3 Å². The number of fused-ring (bicyclic) bond motifs is 1. The summed E-state index contributed by atoms with van der Waals surface area (Å²) in [5.41, 5.74) is 0.259. The Balaban J connectivity index is 1.96. The van der Waals surface area contributed by atoms with E-state index in [4.69, 9.17) is 23.2 Å². The van der Waals surface area contributed by atoms with E-state index in [1.54, 1.807) is 12.1 Å². The third-order valence-corrected chi connectivity index (χ3v) is 5.97. The van der Waals surface area contributed by atoms with Gasteiger partial charge in [0.05, 0.1) is 15.5 Å². The Bertz CT molecular complexity index is 873. The lowest BCUT2D eigenvalue weighted by atomic mass is 10.1. The lowest BCUT2D eigenvalue weighted by Crippen LogP contribution is -2.45. The number of hydrogen-bond donors (Lipinski definition) is 1. The van der Waals surface area contributed by atoms with Crippen LogP contribution in [0.4, 0.5) is 0 Å². The molecule has 114 valence electrons. The van der Waals surface area contributed by atoms with Gasteiger partial charge in [0, 0.05) is 0 Å². The van der Waals surface area contributed by atoms with E-state index >= 15 is 0 Å². The Labute approximate surface area is 139 Å². The molecule has 0 radical (unpaired) electrons. The second-order valence-corrected chi connectivity index (χ2v) is 8.19. The summed E-state index contributed by atoms with van der Waals surface area (Å²) in [6, 6.07) is 7.20. The SMILES string of the molecule is O=C1c2ccccc2C(=O)N1NS(=O)(=O)c1cc(Cl)sc1Cl. The highest BCUT2D eigenvalue weighted by atomic mass is 35.5. The van der Waals surface area contributed by atoms with E-state index in [9.17, 15) is 18.0 Å². The Morgan fingerprint density at radius 2 is 1.59 bits per heavy atom. The number of imide groups is 1. The molecule has 2 aromatic rings. The normalized spacial score (nSPS) is 14.5. The minimum atomic E-state index is -4.21. The molecule has 6 nitrogen and oxygen atoms in total. The van der Waals surface area contributed by atoms with Crippen LogP contribution in [0, 0.1) is 0 Å². The van der Waals surface area contributed by atoms with Gasteiger partial charge in [0.15, 0.2) is 0 Å². The summed E-state index contributed by atoms with van der Waals surface area (Å²) >= 11 is 12.4. The van der Waals surface area contributed by atoms with Crippen molar-refractivity contribution in [2.45, 2.75) is 4.90 Å². The summed E-state index contributed by atoms with van der Waals surface area (Å²) in [7, 11) is -4.21. The van der Waals surface area contributed by atoms with Gasteiger partial charge in [0.2, 0.25) is 0 Å². The Hall–Kier alpha value is -1.45. The zero-order valence-electron chi connectivity index (χ0n) is 10.5. The van der Waals surface area contributed by atoms with E-state index in [1.165, 1.54) is 12.1 Å². The smallest absolute Gasteiger partial charge is 0.267 e. The monoisotopic (exact) mass is 376 g/mol. The lowest BCUT2D eigenvalue weighted by Gasteiger charge is -2.14. The first kappa shape index (κ1) is 15.4. The summed E-state index contributed by atoms with van der Waals surface area (Å²) in [5, 5.41) is 0.446. The highest BCUT2D eigenvalue weighted by molar-refractivity contribution is 7.89. The zero-order chi connectivity index (χ0) is 16.1. The molecule has 1 aliphatic heterocycles. The van der Waals surface area contributed by atoms with E-state index < -0.39 is 21.8 Å². The average Bonchev–Trinajstić information content (AvgIpc) is 2.92. The molecule has 1 N–H and O–H groups in total. The maximum Gasteiger partial charge on any atom is 0.277 e. The number of thiophene rings is 1. The fourth-order valence-electron chi connectivity index (χ4n) is 1.95. The van der Waals surface area contributed by atoms with Crippen molar-refractivity contribution < 1.29 is 18.0 Å². The van der Waals surface area contributed by atoms with Crippen LogP contribution in [0.15, 0.2) is 35.2 Å². The van der Waals surface area contributed by atoms with Crippen LogP contribution in [-0.4, -0.2) is 25.2 Å². The predicted octanol–water partition coefficient (Wildman–Crippen LogP) is 2.54. The molecule has 1 aromatic carbocycles. The largest absolute Gasteiger partial charge is 0.277 e. The summed E-state index contributed by atoms with van der Waals surface area (Å²) in [6.45, 7) is 0. The number of hydrogen-bond acceptors (Lipinski definition) is 5. The first-order valence-corrected chi connectivity index (χ1v) is 8.82. The molecule has 0 spiro atoms. The highest BCUT2D eigenvalue weighted by Gasteiger charge is 2.38. The number of carbonyl (C=O) groups excluding carboxylic acids is 2. The van der Waals surface area contributed by atoms with Crippen molar-refractivity contribution in [3.05, 3.63) is 50.1 Å². The van der Waals surface area contributed by atoms with Crippen molar-refractivity contribution in [2.75, 3.05) is 0 Å². The molecule has 0 fully saturated rings. The molecular weight excluding hydrogens is 371 g/mol.